The van der Waals surface area contributed by atoms with Crippen molar-refractivity contribution in [2.45, 2.75) is 24.2 Å². The van der Waals surface area contributed by atoms with Crippen LogP contribution in [0.4, 0.5) is 0 Å². The minimum atomic E-state index is 0.495. The van der Waals surface area contributed by atoms with Gasteiger partial charge in [-0.3, -0.25) is 0 Å². The zero-order valence-corrected chi connectivity index (χ0v) is 13.3. The van der Waals surface area contributed by atoms with E-state index in [0.717, 1.165) is 35.5 Å². The van der Waals surface area contributed by atoms with Crippen molar-refractivity contribution >= 4 is 0 Å². The highest BCUT2D eigenvalue weighted by Gasteiger charge is 2.79. The van der Waals surface area contributed by atoms with Gasteiger partial charge in [0.15, 0.2) is 0 Å². The Labute approximate surface area is 138 Å². The van der Waals surface area contributed by atoms with Crippen molar-refractivity contribution < 1.29 is 0 Å². The lowest BCUT2D eigenvalue weighted by molar-refractivity contribution is 0.418. The standard InChI is InChI=1S/C23H22/c1-3-7-15(8-4-1)19-14-20(19)22-21-16-11-12-18(13-16)23(21,22)17-9-5-2-6-10-17/h1-12,16,18-22H,13-14H2/t16-,18+,19-,20+,21+,22+,23+/m1/s1. The Balaban J connectivity index is 1.37. The van der Waals surface area contributed by atoms with E-state index in [1.165, 1.54) is 12.8 Å². The molecule has 0 spiro atoms. The summed E-state index contributed by atoms with van der Waals surface area (Å²) in [6.07, 6.45) is 7.92. The molecule has 0 amide bonds. The minimum Gasteiger partial charge on any atom is -0.0848 e. The summed E-state index contributed by atoms with van der Waals surface area (Å²) >= 11 is 0. The molecule has 0 nitrogen and oxygen atoms in total. The van der Waals surface area contributed by atoms with Crippen LogP contribution in [0.2, 0.25) is 0 Å². The zero-order chi connectivity index (χ0) is 15.0. The predicted octanol–water partition coefficient (Wildman–Crippen LogP) is 5.18. The van der Waals surface area contributed by atoms with Gasteiger partial charge in [0.25, 0.3) is 0 Å². The molecule has 0 N–H and O–H groups in total. The lowest BCUT2D eigenvalue weighted by Gasteiger charge is -2.23. The predicted molar refractivity (Wildman–Crippen MR) is 93.1 cm³/mol. The molecule has 0 aliphatic heterocycles. The smallest absolute Gasteiger partial charge is 0.00870 e. The summed E-state index contributed by atoms with van der Waals surface area (Å²) < 4.78 is 0. The first-order valence-electron chi connectivity index (χ1n) is 9.19. The van der Waals surface area contributed by atoms with E-state index in [1.807, 2.05) is 0 Å². The van der Waals surface area contributed by atoms with Gasteiger partial charge >= 0.3 is 0 Å². The maximum atomic E-state index is 2.55. The van der Waals surface area contributed by atoms with Crippen LogP contribution in [0.25, 0.3) is 0 Å². The third kappa shape index (κ3) is 1.48. The molecule has 2 bridgehead atoms. The Hall–Kier alpha value is -1.82. The van der Waals surface area contributed by atoms with Crippen molar-refractivity contribution in [3.8, 4) is 0 Å². The molecule has 2 aromatic rings. The quantitative estimate of drug-likeness (QED) is 0.685. The molecular weight excluding hydrogens is 276 g/mol. The molecule has 0 heterocycles. The van der Waals surface area contributed by atoms with E-state index in [0.29, 0.717) is 5.41 Å². The van der Waals surface area contributed by atoms with Crippen molar-refractivity contribution in [1.82, 2.24) is 0 Å². The molecule has 0 aromatic heterocycles. The van der Waals surface area contributed by atoms with E-state index in [9.17, 15) is 0 Å². The first-order chi connectivity index (χ1) is 11.4. The SMILES string of the molecule is C1=C[C@H]2C[C@@H]1[C@H]1[C@H]([C@H]3C[C@@H]3c3ccccc3)[C@]12c1ccccc1. The molecule has 0 unspecified atom stereocenters. The number of benzene rings is 2. The summed E-state index contributed by atoms with van der Waals surface area (Å²) in [6, 6.07) is 22.7. The summed E-state index contributed by atoms with van der Waals surface area (Å²) in [5.74, 6) is 5.27. The van der Waals surface area contributed by atoms with Crippen LogP contribution in [0.5, 0.6) is 0 Å². The first kappa shape index (κ1) is 12.6. The molecule has 0 heteroatoms. The van der Waals surface area contributed by atoms with Gasteiger partial charge in [-0.05, 0) is 59.5 Å². The van der Waals surface area contributed by atoms with E-state index in [1.54, 1.807) is 11.1 Å². The van der Waals surface area contributed by atoms with Crippen LogP contribution in [0.1, 0.15) is 29.9 Å². The van der Waals surface area contributed by atoms with Gasteiger partial charge in [-0.15, -0.1) is 0 Å². The summed E-state index contributed by atoms with van der Waals surface area (Å²) in [5.41, 5.74) is 3.70. The van der Waals surface area contributed by atoms with E-state index in [4.69, 9.17) is 0 Å². The Morgan fingerprint density at radius 2 is 1.48 bits per heavy atom. The zero-order valence-electron chi connectivity index (χ0n) is 13.3. The van der Waals surface area contributed by atoms with Crippen molar-refractivity contribution in [1.29, 1.82) is 0 Å². The highest BCUT2D eigenvalue weighted by atomic mass is 14.8. The van der Waals surface area contributed by atoms with Crippen molar-refractivity contribution in [2.24, 2.45) is 29.6 Å². The molecule has 4 aliphatic carbocycles. The van der Waals surface area contributed by atoms with Crippen LogP contribution in [-0.4, -0.2) is 0 Å². The number of fused-ring (bicyclic) bond motifs is 5. The maximum absolute atomic E-state index is 2.55. The second kappa shape index (κ2) is 4.17. The number of hydrogen-bond donors (Lipinski definition) is 0. The Morgan fingerprint density at radius 3 is 2.26 bits per heavy atom. The van der Waals surface area contributed by atoms with Gasteiger partial charge in [-0.1, -0.05) is 72.8 Å². The monoisotopic (exact) mass is 298 g/mol. The van der Waals surface area contributed by atoms with Crippen LogP contribution < -0.4 is 0 Å². The molecular formula is C23H22. The van der Waals surface area contributed by atoms with E-state index >= 15 is 0 Å². The average Bonchev–Trinajstić information content (AvgIpc) is 3.47. The summed E-state index contributed by atoms with van der Waals surface area (Å²) in [5, 5.41) is 0. The summed E-state index contributed by atoms with van der Waals surface area (Å²) in [6.45, 7) is 0. The summed E-state index contributed by atoms with van der Waals surface area (Å²) in [4.78, 5) is 0. The molecule has 114 valence electrons. The van der Waals surface area contributed by atoms with Gasteiger partial charge in [-0.2, -0.15) is 0 Å². The largest absolute Gasteiger partial charge is 0.0848 e. The van der Waals surface area contributed by atoms with Crippen LogP contribution in [0.15, 0.2) is 72.8 Å². The first-order valence-corrected chi connectivity index (χ1v) is 9.19. The summed E-state index contributed by atoms with van der Waals surface area (Å²) in [7, 11) is 0. The molecule has 6 rings (SSSR count). The van der Waals surface area contributed by atoms with E-state index < -0.39 is 0 Å². The van der Waals surface area contributed by atoms with E-state index in [2.05, 4.69) is 72.8 Å². The molecule has 0 radical (unpaired) electrons. The molecule has 23 heavy (non-hydrogen) atoms. The van der Waals surface area contributed by atoms with Gasteiger partial charge in [0.05, 0.1) is 0 Å². The Bertz CT molecular complexity index is 774. The minimum absolute atomic E-state index is 0.495. The van der Waals surface area contributed by atoms with Gasteiger partial charge in [0.2, 0.25) is 0 Å². The normalized spacial score (nSPS) is 45.0. The van der Waals surface area contributed by atoms with Crippen LogP contribution in [0.3, 0.4) is 0 Å². The van der Waals surface area contributed by atoms with Crippen LogP contribution in [0, 0.1) is 29.6 Å². The van der Waals surface area contributed by atoms with Crippen LogP contribution >= 0.6 is 0 Å². The van der Waals surface area contributed by atoms with Crippen molar-refractivity contribution in [2.75, 3.05) is 0 Å². The highest BCUT2D eigenvalue weighted by molar-refractivity contribution is 5.48. The molecule has 7 atom stereocenters. The van der Waals surface area contributed by atoms with Crippen molar-refractivity contribution in [3.63, 3.8) is 0 Å². The third-order valence-electron chi connectivity index (χ3n) is 7.38. The van der Waals surface area contributed by atoms with Gasteiger partial charge in [0, 0.05) is 5.41 Å². The fraction of sp³-hybridized carbons (Fsp3) is 0.391. The number of rotatable bonds is 3. The average molecular weight is 298 g/mol. The second-order valence-electron chi connectivity index (χ2n) is 8.16. The topological polar surface area (TPSA) is 0 Å². The fourth-order valence-corrected chi connectivity index (χ4v) is 6.57. The van der Waals surface area contributed by atoms with E-state index in [-0.39, 0.29) is 0 Å². The van der Waals surface area contributed by atoms with Gasteiger partial charge in [-0.25, -0.2) is 0 Å². The lowest BCUT2D eigenvalue weighted by Crippen LogP contribution is -2.20. The maximum Gasteiger partial charge on any atom is 0.00870 e. The lowest BCUT2D eigenvalue weighted by atomic mass is 9.80. The molecule has 3 saturated carbocycles. The number of hydrogen-bond acceptors (Lipinski definition) is 0. The molecule has 3 fully saturated rings. The molecule has 0 saturated heterocycles. The second-order valence-corrected chi connectivity index (χ2v) is 8.16. The Kier molecular flexibility index (Phi) is 2.28. The third-order valence-corrected chi connectivity index (χ3v) is 7.38. The Morgan fingerprint density at radius 1 is 0.739 bits per heavy atom. The molecule has 2 aromatic carbocycles. The van der Waals surface area contributed by atoms with Crippen LogP contribution in [-0.2, 0) is 5.41 Å². The molecule has 4 aliphatic rings. The number of allylic oxidation sites excluding steroid dienone is 2. The van der Waals surface area contributed by atoms with Gasteiger partial charge in [0.1, 0.15) is 0 Å². The highest BCUT2D eigenvalue weighted by Crippen LogP contribution is 2.82. The van der Waals surface area contributed by atoms with Crippen molar-refractivity contribution in [3.05, 3.63) is 83.9 Å². The van der Waals surface area contributed by atoms with Gasteiger partial charge < -0.3 is 0 Å². The fourth-order valence-electron chi connectivity index (χ4n) is 6.57.